The van der Waals surface area contributed by atoms with E-state index in [9.17, 15) is 14.7 Å². The van der Waals surface area contributed by atoms with E-state index in [2.05, 4.69) is 99.0 Å². The van der Waals surface area contributed by atoms with Gasteiger partial charge in [0.05, 0.1) is 52.9 Å². The fourth-order valence-corrected chi connectivity index (χ4v) is 18.5. The van der Waals surface area contributed by atoms with Crippen molar-refractivity contribution >= 4 is 40.9 Å². The normalized spacial score (nSPS) is 12.0. The van der Waals surface area contributed by atoms with E-state index in [4.69, 9.17) is 61.1 Å². The van der Waals surface area contributed by atoms with E-state index in [1.54, 1.807) is 60.7 Å². The second-order valence-corrected chi connectivity index (χ2v) is 43.4. The van der Waals surface area contributed by atoms with Gasteiger partial charge in [-0.2, -0.15) is 0 Å². The molecule has 5 aromatic carbocycles. The highest BCUT2D eigenvalue weighted by molar-refractivity contribution is 6.30. The number of aliphatic hydroxyl groups is 1. The van der Waals surface area contributed by atoms with Crippen molar-refractivity contribution in [2.24, 2.45) is 35.5 Å². The molecule has 5 aromatic rings. The molecule has 17 heteroatoms. The van der Waals surface area contributed by atoms with E-state index in [0.717, 1.165) is 145 Å². The molecule has 0 fully saturated rings. The fraction of sp³-hybridized carbons (Fsp3) is 0.727. The molecule has 0 aromatic heterocycles. The van der Waals surface area contributed by atoms with E-state index in [1.807, 2.05) is 36.4 Å². The Labute approximate surface area is 852 Å². The molecule has 0 aliphatic rings. The lowest BCUT2D eigenvalue weighted by atomic mass is 9.80. The Morgan fingerprint density at radius 3 is 0.855 bits per heavy atom. The van der Waals surface area contributed by atoms with Gasteiger partial charge in [0.15, 0.2) is 23.0 Å². The molecule has 0 bridgehead atoms. The first-order valence-corrected chi connectivity index (χ1v) is 57.3. The van der Waals surface area contributed by atoms with Crippen LogP contribution < -0.4 is 49.1 Å². The molecule has 0 aliphatic heterocycles. The number of carbonyl (C=O) groups is 3. The number of unbranched alkanes of at least 4 members (excludes halogenated alkanes) is 43. The van der Waals surface area contributed by atoms with Gasteiger partial charge in [-0.1, -0.05) is 457 Å². The first-order chi connectivity index (χ1) is 67.0. The highest BCUT2D eigenvalue weighted by Gasteiger charge is 2.37. The van der Waals surface area contributed by atoms with Gasteiger partial charge < -0.3 is 59.0 Å². The van der Waals surface area contributed by atoms with Gasteiger partial charge in [-0.25, -0.2) is 0 Å². The maximum absolute atomic E-state index is 15.4. The molecule has 0 saturated heterocycles. The Morgan fingerprint density at radius 2 is 0.543 bits per heavy atom. The zero-order valence-corrected chi connectivity index (χ0v) is 91.1. The lowest BCUT2D eigenvalue weighted by Gasteiger charge is -2.31. The molecule has 5 rings (SSSR count). The Kier molecular flexibility index (Phi) is 69.9. The molecule has 4 N–H and O–H groups in total. The standard InChI is InChI=1S/C121H199Cl2N3O12/c1-97(2)65-49-37-25-13-19-31-43-59-84-132-112-93-103(94-113(133-85-60-44-32-20-14-26-38-50-66-98(3)4)116(112)137-88-63-47-35-23-17-29-41-53-69-101(9)10)118(127)124-82-58-57-72-110(120(129)125-83-90-131-91-92-136-111-73-56-55-71-109(111)121(130,105-74-78-107(122)79-75-105)106-76-80-108(123)81-77-106)126-119(128)104-95-114(134-86-61-45-33-21-15-27-39-51-67-99(5)6)117(138-89-64-48-36-24-18-30-42-54-70-102(11)12)115(96-104)135-87-62-46-34-22-16-28-40-52-68-100(7)8/h55-56,71,73-81,93-102,110,130H,13-54,57-70,72,82-92H2,1-12H3,(H,124,127)(H,125,129)(H,126,128). The minimum absolute atomic E-state index is 0.135. The number of hydrogen-bond donors (Lipinski definition) is 4. The quantitative estimate of drug-likeness (QED) is 0.0214. The largest absolute Gasteiger partial charge is 0.491 e. The van der Waals surface area contributed by atoms with Crippen molar-refractivity contribution in [1.29, 1.82) is 0 Å². The Morgan fingerprint density at radius 1 is 0.275 bits per heavy atom. The molecule has 0 aliphatic carbocycles. The van der Waals surface area contributed by atoms with Crippen LogP contribution in [0.2, 0.25) is 10.0 Å². The maximum Gasteiger partial charge on any atom is 0.252 e. The van der Waals surface area contributed by atoms with E-state index in [-0.39, 0.29) is 44.6 Å². The van der Waals surface area contributed by atoms with Crippen molar-refractivity contribution in [1.82, 2.24) is 16.0 Å². The van der Waals surface area contributed by atoms with Crippen molar-refractivity contribution in [3.8, 4) is 40.2 Å². The lowest BCUT2D eigenvalue weighted by Crippen LogP contribution is -2.47. The summed E-state index contributed by atoms with van der Waals surface area (Å²) in [7, 11) is 0. The van der Waals surface area contributed by atoms with Gasteiger partial charge in [0.25, 0.3) is 11.8 Å². The zero-order chi connectivity index (χ0) is 99.5. The summed E-state index contributed by atoms with van der Waals surface area (Å²) in [5, 5.41) is 23.5. The number of amides is 3. The van der Waals surface area contributed by atoms with Crippen LogP contribution in [0.5, 0.6) is 40.2 Å². The summed E-state index contributed by atoms with van der Waals surface area (Å²) in [6.07, 6.45) is 65.7. The zero-order valence-electron chi connectivity index (χ0n) is 89.6. The summed E-state index contributed by atoms with van der Waals surface area (Å²) in [6.45, 7) is 31.5. The number of halogens is 2. The summed E-state index contributed by atoms with van der Waals surface area (Å²) >= 11 is 12.8. The van der Waals surface area contributed by atoms with Crippen molar-refractivity contribution in [2.45, 2.75) is 461 Å². The monoisotopic (exact) mass is 1960 g/mol. The van der Waals surface area contributed by atoms with Crippen LogP contribution in [-0.4, -0.2) is 101 Å². The molecule has 138 heavy (non-hydrogen) atoms. The minimum atomic E-state index is -1.63. The van der Waals surface area contributed by atoms with Crippen LogP contribution >= 0.6 is 23.2 Å². The minimum Gasteiger partial charge on any atom is -0.491 e. The molecule has 1 atom stereocenters. The third-order valence-corrected chi connectivity index (χ3v) is 27.3. The molecular formula is C121H199Cl2N3O12. The maximum atomic E-state index is 15.4. The van der Waals surface area contributed by atoms with Gasteiger partial charge in [-0.05, 0) is 159 Å². The number of para-hydroxylation sites is 1. The number of hydrogen-bond acceptors (Lipinski definition) is 12. The smallest absolute Gasteiger partial charge is 0.252 e. The van der Waals surface area contributed by atoms with Gasteiger partial charge in [0.1, 0.15) is 24.0 Å². The molecule has 3 amide bonds. The second kappa shape index (κ2) is 79.0. The highest BCUT2D eigenvalue weighted by Crippen LogP contribution is 2.45. The molecular weight excluding hydrogens is 1760 g/mol. The number of nitrogens with one attached hydrogen (secondary N) is 3. The molecule has 0 spiro atoms. The van der Waals surface area contributed by atoms with Crippen molar-refractivity contribution < 1.29 is 57.4 Å². The van der Waals surface area contributed by atoms with Crippen molar-refractivity contribution in [2.75, 3.05) is 72.6 Å². The Bertz CT molecular complexity index is 3680. The topological polar surface area (TPSA) is 181 Å². The first-order valence-electron chi connectivity index (χ1n) is 56.6. The van der Waals surface area contributed by atoms with Gasteiger partial charge in [-0.3, -0.25) is 14.4 Å². The van der Waals surface area contributed by atoms with E-state index in [0.29, 0.717) is 137 Å². The number of benzene rings is 5. The van der Waals surface area contributed by atoms with Crippen LogP contribution in [0.4, 0.5) is 0 Å². The van der Waals surface area contributed by atoms with Crippen molar-refractivity contribution in [3.63, 3.8) is 0 Å². The van der Waals surface area contributed by atoms with Gasteiger partial charge >= 0.3 is 0 Å². The number of carbonyl (C=O) groups excluding carboxylic acids is 3. The van der Waals surface area contributed by atoms with E-state index < -0.39 is 17.6 Å². The van der Waals surface area contributed by atoms with Crippen LogP contribution in [0.15, 0.2) is 97.1 Å². The molecule has 0 radical (unpaired) electrons. The van der Waals surface area contributed by atoms with Gasteiger partial charge in [0.2, 0.25) is 17.4 Å². The summed E-state index contributed by atoms with van der Waals surface area (Å²) < 4.78 is 53.3. The van der Waals surface area contributed by atoms with Gasteiger partial charge in [-0.15, -0.1) is 0 Å². The summed E-state index contributed by atoms with van der Waals surface area (Å²) in [5.74, 6) is 6.99. The predicted molar refractivity (Wildman–Crippen MR) is 582 cm³/mol. The average Bonchev–Trinajstić information content (AvgIpc) is 0.754. The Hall–Kier alpha value is -6.39. The summed E-state index contributed by atoms with van der Waals surface area (Å²) in [4.78, 5) is 45.2. The fourth-order valence-electron chi connectivity index (χ4n) is 18.2. The van der Waals surface area contributed by atoms with Crippen LogP contribution in [-0.2, 0) is 15.1 Å². The van der Waals surface area contributed by atoms with E-state index >= 15 is 4.79 Å². The molecule has 784 valence electrons. The van der Waals surface area contributed by atoms with Crippen LogP contribution in [0.3, 0.4) is 0 Å². The highest BCUT2D eigenvalue weighted by atomic mass is 35.5. The molecule has 0 saturated carbocycles. The third kappa shape index (κ3) is 57.8. The summed E-state index contributed by atoms with van der Waals surface area (Å²) in [5.41, 5.74) is 0.819. The SMILES string of the molecule is CC(C)CCCCCCCCCCOc1cc(C(=O)NCCCCC(NC(=O)c2cc(OCCCCCCCCCCC(C)C)c(OCCCCCCCCCCC(C)C)c(OCCCCCCCCCCC(C)C)c2)C(=O)NCCOCCOc2ccccc2C(O)(c2ccc(Cl)cc2)c2ccc(Cl)cc2)cc(OCCCCCCCCCCC(C)C)c1OCCCCCCCCCCC(C)C. The second-order valence-electron chi connectivity index (χ2n) is 42.5. The van der Waals surface area contributed by atoms with Crippen molar-refractivity contribution in [3.05, 3.63) is 135 Å². The molecule has 15 nitrogen and oxygen atoms in total. The predicted octanol–water partition coefficient (Wildman–Crippen LogP) is 34.5. The number of rotatable bonds is 91. The summed E-state index contributed by atoms with van der Waals surface area (Å²) in [6, 6.07) is 27.9. The average molecular weight is 1960 g/mol. The first kappa shape index (κ1) is 122. The van der Waals surface area contributed by atoms with Crippen LogP contribution in [0.25, 0.3) is 0 Å². The lowest BCUT2D eigenvalue weighted by molar-refractivity contribution is -0.123. The molecule has 1 unspecified atom stereocenters. The van der Waals surface area contributed by atoms with Crippen LogP contribution in [0.1, 0.15) is 486 Å². The number of ether oxygens (including phenoxy) is 8. The third-order valence-electron chi connectivity index (χ3n) is 26.8. The van der Waals surface area contributed by atoms with Crippen LogP contribution in [0, 0.1) is 35.5 Å². The molecule has 0 heterocycles. The van der Waals surface area contributed by atoms with E-state index in [1.165, 1.54) is 238 Å². The van der Waals surface area contributed by atoms with Gasteiger partial charge in [0, 0.05) is 39.8 Å². The Balaban J connectivity index is 1.43.